The average molecular weight is 232 g/mol. The second-order valence-electron chi connectivity index (χ2n) is 4.48. The molecule has 0 aliphatic carbocycles. The molecule has 0 bridgehead atoms. The van der Waals surface area contributed by atoms with E-state index < -0.39 is 0 Å². The van der Waals surface area contributed by atoms with Crippen molar-refractivity contribution >= 4 is 10.9 Å². The molecule has 1 fully saturated rings. The Kier molecular flexibility index (Phi) is 2.44. The van der Waals surface area contributed by atoms with Crippen molar-refractivity contribution in [3.8, 4) is 0 Å². The van der Waals surface area contributed by atoms with Crippen molar-refractivity contribution < 1.29 is 4.39 Å². The predicted octanol–water partition coefficient (Wildman–Crippen LogP) is 1.74. The van der Waals surface area contributed by atoms with E-state index >= 15 is 0 Å². The summed E-state index contributed by atoms with van der Waals surface area (Å²) in [6.07, 6.45) is 0.982. The molecule has 2 N–H and O–H groups in total. The summed E-state index contributed by atoms with van der Waals surface area (Å²) in [5.74, 6) is -0.0587. The van der Waals surface area contributed by atoms with Crippen LogP contribution in [0.1, 0.15) is 17.9 Å². The summed E-state index contributed by atoms with van der Waals surface area (Å²) in [7, 11) is 0. The quantitative estimate of drug-likeness (QED) is 0.786. The number of hydrogen-bond donors (Lipinski definition) is 2. The maximum Gasteiger partial charge on any atom is 0.251 e. The van der Waals surface area contributed by atoms with Crippen molar-refractivity contribution in [2.24, 2.45) is 0 Å². The summed E-state index contributed by atoms with van der Waals surface area (Å²) in [4.78, 5) is 14.7. The van der Waals surface area contributed by atoms with E-state index in [0.717, 1.165) is 30.5 Å². The van der Waals surface area contributed by atoms with Crippen LogP contribution in [0, 0.1) is 5.82 Å². The van der Waals surface area contributed by atoms with Gasteiger partial charge in [-0.25, -0.2) is 4.39 Å². The molecule has 0 amide bonds. The summed E-state index contributed by atoms with van der Waals surface area (Å²) in [6.45, 7) is 1.79. The van der Waals surface area contributed by atoms with Crippen LogP contribution in [0.3, 0.4) is 0 Å². The number of benzene rings is 1. The molecule has 1 aromatic heterocycles. The smallest absolute Gasteiger partial charge is 0.251 e. The molecule has 3 rings (SSSR count). The fourth-order valence-electron chi connectivity index (χ4n) is 2.41. The van der Waals surface area contributed by atoms with Gasteiger partial charge in [-0.15, -0.1) is 0 Å². The minimum atomic E-state index is -0.330. The molecule has 3 nitrogen and oxygen atoms in total. The lowest BCUT2D eigenvalue weighted by Gasteiger charge is -2.08. The molecular formula is C13H13FN2O. The van der Waals surface area contributed by atoms with Gasteiger partial charge in [-0.05, 0) is 42.6 Å². The van der Waals surface area contributed by atoms with Crippen LogP contribution in [0.15, 0.2) is 29.1 Å². The Bertz CT molecular complexity index is 614. The second kappa shape index (κ2) is 3.96. The first-order valence-corrected chi connectivity index (χ1v) is 5.77. The van der Waals surface area contributed by atoms with Crippen LogP contribution in [0.25, 0.3) is 10.9 Å². The van der Waals surface area contributed by atoms with Crippen molar-refractivity contribution in [3.05, 3.63) is 46.0 Å². The summed E-state index contributed by atoms with van der Waals surface area (Å²) < 4.78 is 13.0. The molecule has 17 heavy (non-hydrogen) atoms. The van der Waals surface area contributed by atoms with E-state index in [2.05, 4.69) is 10.3 Å². The number of rotatable bonds is 1. The van der Waals surface area contributed by atoms with Gasteiger partial charge < -0.3 is 10.3 Å². The Morgan fingerprint density at radius 3 is 2.94 bits per heavy atom. The number of halogens is 1. The van der Waals surface area contributed by atoms with Gasteiger partial charge in [0.2, 0.25) is 0 Å². The van der Waals surface area contributed by atoms with Crippen LogP contribution in [-0.4, -0.2) is 18.1 Å². The van der Waals surface area contributed by atoms with Gasteiger partial charge in [0.1, 0.15) is 5.82 Å². The number of aromatic nitrogens is 1. The highest BCUT2D eigenvalue weighted by Crippen LogP contribution is 2.22. The molecule has 0 saturated carbocycles. The third-order valence-electron chi connectivity index (χ3n) is 3.34. The minimum Gasteiger partial charge on any atom is -0.322 e. The van der Waals surface area contributed by atoms with E-state index in [1.807, 2.05) is 6.07 Å². The van der Waals surface area contributed by atoms with Crippen molar-refractivity contribution in [1.82, 2.24) is 10.3 Å². The lowest BCUT2D eigenvalue weighted by molar-refractivity contribution is 0.629. The zero-order valence-corrected chi connectivity index (χ0v) is 9.29. The zero-order chi connectivity index (χ0) is 11.8. The standard InChI is InChI=1S/C13H13FN2O/c14-10-2-1-8-5-11(9-3-4-15-7-9)13(17)16-12(8)6-10/h1-2,5-6,9,15H,3-4,7H2,(H,16,17). The highest BCUT2D eigenvalue weighted by Gasteiger charge is 2.19. The molecule has 4 heteroatoms. The molecule has 2 heterocycles. The first-order valence-electron chi connectivity index (χ1n) is 5.77. The van der Waals surface area contributed by atoms with Crippen LogP contribution in [0.2, 0.25) is 0 Å². The van der Waals surface area contributed by atoms with Crippen molar-refractivity contribution in [2.75, 3.05) is 13.1 Å². The molecular weight excluding hydrogens is 219 g/mol. The Balaban J connectivity index is 2.16. The van der Waals surface area contributed by atoms with E-state index in [1.165, 1.54) is 12.1 Å². The summed E-state index contributed by atoms with van der Waals surface area (Å²) in [5, 5.41) is 4.12. The van der Waals surface area contributed by atoms with Gasteiger partial charge in [0.05, 0.1) is 5.52 Å². The molecule has 1 saturated heterocycles. The lowest BCUT2D eigenvalue weighted by atomic mass is 9.98. The van der Waals surface area contributed by atoms with Gasteiger partial charge >= 0.3 is 0 Å². The summed E-state index contributed by atoms with van der Waals surface area (Å²) in [5.41, 5.74) is 1.26. The third kappa shape index (κ3) is 1.85. The Morgan fingerprint density at radius 1 is 1.29 bits per heavy atom. The van der Waals surface area contributed by atoms with Crippen LogP contribution in [0.4, 0.5) is 4.39 Å². The molecule has 2 aromatic rings. The van der Waals surface area contributed by atoms with Crippen molar-refractivity contribution in [2.45, 2.75) is 12.3 Å². The number of nitrogens with one attached hydrogen (secondary N) is 2. The fraction of sp³-hybridized carbons (Fsp3) is 0.308. The maximum absolute atomic E-state index is 13.0. The third-order valence-corrected chi connectivity index (χ3v) is 3.34. The number of H-pyrrole nitrogens is 1. The van der Waals surface area contributed by atoms with Gasteiger partial charge in [0.25, 0.3) is 5.56 Å². The van der Waals surface area contributed by atoms with E-state index in [4.69, 9.17) is 0 Å². The largest absolute Gasteiger partial charge is 0.322 e. The number of pyridine rings is 1. The van der Waals surface area contributed by atoms with Gasteiger partial charge in [0, 0.05) is 18.0 Å². The van der Waals surface area contributed by atoms with E-state index in [-0.39, 0.29) is 17.3 Å². The van der Waals surface area contributed by atoms with Gasteiger partial charge in [-0.3, -0.25) is 4.79 Å². The Hall–Kier alpha value is -1.68. The first-order chi connectivity index (χ1) is 8.24. The highest BCUT2D eigenvalue weighted by molar-refractivity contribution is 5.79. The molecule has 88 valence electrons. The van der Waals surface area contributed by atoms with Gasteiger partial charge in [-0.1, -0.05) is 0 Å². The Labute approximate surface area is 97.7 Å². The van der Waals surface area contributed by atoms with Crippen LogP contribution in [-0.2, 0) is 0 Å². The maximum atomic E-state index is 13.0. The van der Waals surface area contributed by atoms with Crippen molar-refractivity contribution in [3.63, 3.8) is 0 Å². The molecule has 1 aliphatic rings. The molecule has 0 radical (unpaired) electrons. The SMILES string of the molecule is O=c1[nH]c2cc(F)ccc2cc1C1CCNC1. The average Bonchev–Trinajstić information content (AvgIpc) is 2.81. The normalized spacial score (nSPS) is 19.9. The molecule has 1 aliphatic heterocycles. The van der Waals surface area contributed by atoms with Crippen LogP contribution >= 0.6 is 0 Å². The van der Waals surface area contributed by atoms with Crippen molar-refractivity contribution in [1.29, 1.82) is 0 Å². The van der Waals surface area contributed by atoms with Gasteiger partial charge in [-0.2, -0.15) is 0 Å². The molecule has 1 atom stereocenters. The van der Waals surface area contributed by atoms with Gasteiger partial charge in [0.15, 0.2) is 0 Å². The zero-order valence-electron chi connectivity index (χ0n) is 9.29. The Morgan fingerprint density at radius 2 is 2.18 bits per heavy atom. The van der Waals surface area contributed by atoms with E-state index in [9.17, 15) is 9.18 Å². The number of aromatic amines is 1. The first kappa shape index (κ1) is 10.5. The van der Waals surface area contributed by atoms with E-state index in [1.54, 1.807) is 6.07 Å². The predicted molar refractivity (Wildman–Crippen MR) is 64.8 cm³/mol. The highest BCUT2D eigenvalue weighted by atomic mass is 19.1. The summed E-state index contributed by atoms with van der Waals surface area (Å²) in [6, 6.07) is 6.35. The number of fused-ring (bicyclic) bond motifs is 1. The fourth-order valence-corrected chi connectivity index (χ4v) is 2.41. The second-order valence-corrected chi connectivity index (χ2v) is 4.48. The minimum absolute atomic E-state index is 0.100. The lowest BCUT2D eigenvalue weighted by Crippen LogP contribution is -2.18. The van der Waals surface area contributed by atoms with E-state index in [0.29, 0.717) is 5.52 Å². The van der Waals surface area contributed by atoms with Crippen LogP contribution in [0.5, 0.6) is 0 Å². The monoisotopic (exact) mass is 232 g/mol. The summed E-state index contributed by atoms with van der Waals surface area (Å²) >= 11 is 0. The number of hydrogen-bond acceptors (Lipinski definition) is 2. The molecule has 1 unspecified atom stereocenters. The topological polar surface area (TPSA) is 44.9 Å². The molecule has 1 aromatic carbocycles. The van der Waals surface area contributed by atoms with Crippen LogP contribution < -0.4 is 10.9 Å². The molecule has 0 spiro atoms.